The fourth-order valence-electron chi connectivity index (χ4n) is 3.15. The Hall–Kier alpha value is -2.69. The van der Waals surface area contributed by atoms with Crippen LogP contribution < -0.4 is 5.32 Å². The van der Waals surface area contributed by atoms with Crippen molar-refractivity contribution in [2.75, 3.05) is 0 Å². The topological polar surface area (TPSA) is 49.4 Å². The van der Waals surface area contributed by atoms with Gasteiger partial charge in [0.25, 0.3) is 5.91 Å². The highest BCUT2D eigenvalue weighted by atomic mass is 19.1. The third-order valence-corrected chi connectivity index (χ3v) is 4.57. The number of urea groups is 1. The molecule has 1 saturated heterocycles. The van der Waals surface area contributed by atoms with Crippen LogP contribution >= 0.6 is 0 Å². The molecule has 0 aromatic heterocycles. The fourth-order valence-corrected chi connectivity index (χ4v) is 3.15. The monoisotopic (exact) mass is 340 g/mol. The molecule has 1 atom stereocenters. The number of carbonyl (C=O) groups excluding carboxylic acids is 2. The molecule has 5 heteroatoms. The molecule has 0 spiro atoms. The van der Waals surface area contributed by atoms with Gasteiger partial charge in [0, 0.05) is 0 Å². The molecule has 2 aromatic rings. The molecular formula is C20H21FN2O2. The van der Waals surface area contributed by atoms with Gasteiger partial charge in [0.15, 0.2) is 0 Å². The lowest BCUT2D eigenvalue weighted by Gasteiger charge is -2.22. The zero-order chi connectivity index (χ0) is 18.0. The van der Waals surface area contributed by atoms with E-state index in [2.05, 4.69) is 12.2 Å². The van der Waals surface area contributed by atoms with Crippen LogP contribution in [0.4, 0.5) is 9.18 Å². The number of aryl methyl sites for hydroxylation is 1. The van der Waals surface area contributed by atoms with Gasteiger partial charge < -0.3 is 5.32 Å². The van der Waals surface area contributed by atoms with Crippen molar-refractivity contribution in [1.29, 1.82) is 0 Å². The maximum absolute atomic E-state index is 13.3. The SMILES string of the molecule is CCCc1ccc(C2(C)NC(=O)N(Cc3cccc(F)c3)C2=O)cc1. The summed E-state index contributed by atoms with van der Waals surface area (Å²) >= 11 is 0. The minimum Gasteiger partial charge on any atom is -0.319 e. The van der Waals surface area contributed by atoms with Crippen molar-refractivity contribution in [3.05, 3.63) is 71.0 Å². The van der Waals surface area contributed by atoms with Gasteiger partial charge >= 0.3 is 6.03 Å². The Morgan fingerprint density at radius 2 is 1.80 bits per heavy atom. The van der Waals surface area contributed by atoms with Crippen LogP contribution in [-0.4, -0.2) is 16.8 Å². The molecular weight excluding hydrogens is 319 g/mol. The number of imide groups is 1. The first kappa shape index (κ1) is 17.1. The number of benzene rings is 2. The number of carbonyl (C=O) groups is 2. The van der Waals surface area contributed by atoms with Crippen LogP contribution in [0.2, 0.25) is 0 Å². The summed E-state index contributed by atoms with van der Waals surface area (Å²) in [6.07, 6.45) is 2.02. The van der Waals surface area contributed by atoms with Gasteiger partial charge in [-0.1, -0.05) is 49.7 Å². The van der Waals surface area contributed by atoms with Gasteiger partial charge in [-0.15, -0.1) is 0 Å². The summed E-state index contributed by atoms with van der Waals surface area (Å²) in [6, 6.07) is 13.2. The summed E-state index contributed by atoms with van der Waals surface area (Å²) in [5, 5.41) is 2.78. The first-order chi connectivity index (χ1) is 11.9. The van der Waals surface area contributed by atoms with E-state index in [1.165, 1.54) is 17.7 Å². The minimum absolute atomic E-state index is 0.0476. The standard InChI is InChI=1S/C20H21FN2O2/c1-3-5-14-8-10-16(11-9-14)20(2)18(24)23(19(25)22-20)13-15-6-4-7-17(21)12-15/h4,6-12H,3,5,13H2,1-2H3,(H,22,25). The Labute approximate surface area is 146 Å². The largest absolute Gasteiger partial charge is 0.325 e. The van der Waals surface area contributed by atoms with Crippen LogP contribution in [0.15, 0.2) is 48.5 Å². The summed E-state index contributed by atoms with van der Waals surface area (Å²) in [4.78, 5) is 26.4. The maximum atomic E-state index is 13.3. The summed E-state index contributed by atoms with van der Waals surface area (Å²) in [6.45, 7) is 3.86. The van der Waals surface area contributed by atoms with Gasteiger partial charge in [0.05, 0.1) is 6.54 Å². The van der Waals surface area contributed by atoms with Crippen molar-refractivity contribution in [1.82, 2.24) is 10.2 Å². The zero-order valence-corrected chi connectivity index (χ0v) is 14.4. The van der Waals surface area contributed by atoms with E-state index in [-0.39, 0.29) is 18.3 Å². The van der Waals surface area contributed by atoms with Crippen LogP contribution in [0, 0.1) is 5.82 Å². The highest BCUT2D eigenvalue weighted by Gasteiger charge is 2.48. The predicted octanol–water partition coefficient (Wildman–Crippen LogP) is 3.75. The number of amides is 3. The first-order valence-electron chi connectivity index (χ1n) is 8.42. The molecule has 4 nitrogen and oxygen atoms in total. The van der Waals surface area contributed by atoms with Gasteiger partial charge in [-0.25, -0.2) is 9.18 Å². The van der Waals surface area contributed by atoms with Gasteiger partial charge in [-0.2, -0.15) is 0 Å². The van der Waals surface area contributed by atoms with E-state index < -0.39 is 11.6 Å². The number of nitrogens with one attached hydrogen (secondary N) is 1. The molecule has 130 valence electrons. The van der Waals surface area contributed by atoms with Crippen molar-refractivity contribution in [2.45, 2.75) is 38.8 Å². The highest BCUT2D eigenvalue weighted by Crippen LogP contribution is 2.30. The lowest BCUT2D eigenvalue weighted by molar-refractivity contribution is -0.131. The van der Waals surface area contributed by atoms with E-state index in [1.807, 2.05) is 24.3 Å². The maximum Gasteiger partial charge on any atom is 0.325 e. The van der Waals surface area contributed by atoms with E-state index in [0.717, 1.165) is 23.3 Å². The second kappa shape index (κ2) is 6.67. The van der Waals surface area contributed by atoms with Crippen molar-refractivity contribution in [2.24, 2.45) is 0 Å². The molecule has 0 bridgehead atoms. The lowest BCUT2D eigenvalue weighted by atomic mass is 9.91. The molecule has 2 aromatic carbocycles. The van der Waals surface area contributed by atoms with Crippen LogP contribution in [-0.2, 0) is 23.3 Å². The van der Waals surface area contributed by atoms with Gasteiger partial charge in [0.2, 0.25) is 0 Å². The predicted molar refractivity (Wildman–Crippen MR) is 93.3 cm³/mol. The molecule has 0 saturated carbocycles. The van der Waals surface area contributed by atoms with Gasteiger partial charge in [-0.05, 0) is 42.2 Å². The van der Waals surface area contributed by atoms with Crippen LogP contribution in [0.1, 0.15) is 37.0 Å². The van der Waals surface area contributed by atoms with Crippen molar-refractivity contribution >= 4 is 11.9 Å². The zero-order valence-electron chi connectivity index (χ0n) is 14.4. The number of halogens is 1. The molecule has 1 N–H and O–H groups in total. The fraction of sp³-hybridized carbons (Fsp3) is 0.300. The van der Waals surface area contributed by atoms with Crippen molar-refractivity contribution in [3.8, 4) is 0 Å². The number of rotatable bonds is 5. The van der Waals surface area contributed by atoms with Gasteiger partial charge in [0.1, 0.15) is 11.4 Å². The van der Waals surface area contributed by atoms with Crippen LogP contribution in [0.25, 0.3) is 0 Å². The third kappa shape index (κ3) is 3.27. The summed E-state index contributed by atoms with van der Waals surface area (Å²) < 4.78 is 13.3. The summed E-state index contributed by atoms with van der Waals surface area (Å²) in [5.41, 5.74) is 1.41. The number of hydrogen-bond acceptors (Lipinski definition) is 2. The normalized spacial score (nSPS) is 20.0. The molecule has 0 radical (unpaired) electrons. The second-order valence-corrected chi connectivity index (χ2v) is 6.52. The molecule has 1 unspecified atom stereocenters. The highest BCUT2D eigenvalue weighted by molar-refractivity contribution is 6.07. The molecule has 3 rings (SSSR count). The molecule has 3 amide bonds. The summed E-state index contributed by atoms with van der Waals surface area (Å²) in [5.74, 6) is -0.719. The van der Waals surface area contributed by atoms with Gasteiger partial charge in [-0.3, -0.25) is 9.69 Å². The molecule has 1 aliphatic heterocycles. The smallest absolute Gasteiger partial charge is 0.319 e. The third-order valence-electron chi connectivity index (χ3n) is 4.57. The Kier molecular flexibility index (Phi) is 4.57. The Bertz CT molecular complexity index is 804. The molecule has 1 aliphatic rings. The molecule has 25 heavy (non-hydrogen) atoms. The molecule has 1 heterocycles. The van der Waals surface area contributed by atoms with E-state index >= 15 is 0 Å². The lowest BCUT2D eigenvalue weighted by Crippen LogP contribution is -2.40. The first-order valence-corrected chi connectivity index (χ1v) is 8.42. The molecule has 1 fully saturated rings. The minimum atomic E-state index is -1.10. The number of nitrogens with zero attached hydrogens (tertiary/aromatic N) is 1. The molecule has 0 aliphatic carbocycles. The van der Waals surface area contributed by atoms with E-state index in [1.54, 1.807) is 19.1 Å². The van der Waals surface area contributed by atoms with Crippen LogP contribution in [0.3, 0.4) is 0 Å². The van der Waals surface area contributed by atoms with E-state index in [0.29, 0.717) is 5.56 Å². The Balaban J connectivity index is 1.84. The average Bonchev–Trinajstić information content (AvgIpc) is 2.80. The Morgan fingerprint density at radius 1 is 1.08 bits per heavy atom. The quantitative estimate of drug-likeness (QED) is 0.843. The van der Waals surface area contributed by atoms with E-state index in [9.17, 15) is 14.0 Å². The van der Waals surface area contributed by atoms with Crippen molar-refractivity contribution < 1.29 is 14.0 Å². The van der Waals surface area contributed by atoms with Crippen LogP contribution in [0.5, 0.6) is 0 Å². The Morgan fingerprint density at radius 3 is 2.44 bits per heavy atom. The average molecular weight is 340 g/mol. The van der Waals surface area contributed by atoms with E-state index in [4.69, 9.17) is 0 Å². The number of hydrogen-bond donors (Lipinski definition) is 1. The summed E-state index contributed by atoms with van der Waals surface area (Å²) in [7, 11) is 0. The second-order valence-electron chi connectivity index (χ2n) is 6.52. The van der Waals surface area contributed by atoms with Crippen molar-refractivity contribution in [3.63, 3.8) is 0 Å².